The van der Waals surface area contributed by atoms with E-state index in [9.17, 15) is 14.7 Å². The van der Waals surface area contributed by atoms with Crippen LogP contribution in [0.2, 0.25) is 0 Å². The van der Waals surface area contributed by atoms with Crippen LogP contribution in [-0.2, 0) is 19.7 Å². The van der Waals surface area contributed by atoms with Crippen molar-refractivity contribution in [2.75, 3.05) is 19.8 Å². The summed E-state index contributed by atoms with van der Waals surface area (Å²) in [6.07, 6.45) is 5.45. The van der Waals surface area contributed by atoms with E-state index in [1.165, 1.54) is 0 Å². The summed E-state index contributed by atoms with van der Waals surface area (Å²) in [6, 6.07) is 9.80. The maximum absolute atomic E-state index is 13.2. The summed E-state index contributed by atoms with van der Waals surface area (Å²) in [6.45, 7) is 1.31. The van der Waals surface area contributed by atoms with Crippen LogP contribution >= 0.6 is 0 Å². The lowest BCUT2D eigenvalue weighted by molar-refractivity contribution is -0.151. The molecule has 2 aliphatic rings. The van der Waals surface area contributed by atoms with E-state index in [4.69, 9.17) is 4.74 Å². The lowest BCUT2D eigenvalue weighted by Gasteiger charge is -2.38. The van der Waals surface area contributed by atoms with Gasteiger partial charge in [-0.2, -0.15) is 0 Å². The molecular formula is C20H27NO4. The third-order valence-corrected chi connectivity index (χ3v) is 5.96. The van der Waals surface area contributed by atoms with Crippen LogP contribution in [-0.4, -0.2) is 36.7 Å². The van der Waals surface area contributed by atoms with Crippen LogP contribution in [0, 0.1) is 5.41 Å². The summed E-state index contributed by atoms with van der Waals surface area (Å²) >= 11 is 0. The number of rotatable bonds is 5. The zero-order valence-corrected chi connectivity index (χ0v) is 14.6. The number of hydrogen-bond donors (Lipinski definition) is 2. The largest absolute Gasteiger partial charge is 0.481 e. The number of aliphatic carboxylic acids is 1. The monoisotopic (exact) mass is 345 g/mol. The van der Waals surface area contributed by atoms with Gasteiger partial charge >= 0.3 is 5.97 Å². The molecule has 2 fully saturated rings. The molecule has 1 aliphatic heterocycles. The molecule has 1 amide bonds. The third-order valence-electron chi connectivity index (χ3n) is 5.96. The molecule has 0 radical (unpaired) electrons. The molecule has 1 heterocycles. The summed E-state index contributed by atoms with van der Waals surface area (Å²) in [5, 5.41) is 12.7. The normalized spacial score (nSPS) is 22.1. The molecule has 136 valence electrons. The van der Waals surface area contributed by atoms with Crippen LogP contribution in [0.1, 0.15) is 50.5 Å². The van der Waals surface area contributed by atoms with E-state index in [1.54, 1.807) is 0 Å². The number of carbonyl (C=O) groups excluding carboxylic acids is 1. The standard InChI is InChI=1S/C20H27NO4/c22-17(21-15-19(18(23)24)9-5-2-6-10-19)20(11-13-25-14-12-20)16-7-3-1-4-8-16/h1,3-4,7-8H,2,5-6,9-15H2,(H,21,22)(H,23,24). The van der Waals surface area contributed by atoms with Gasteiger partial charge in [0.1, 0.15) is 0 Å². The molecule has 0 unspecified atom stereocenters. The fourth-order valence-electron chi connectivity index (χ4n) is 4.24. The van der Waals surface area contributed by atoms with Crippen molar-refractivity contribution in [2.24, 2.45) is 5.41 Å². The van der Waals surface area contributed by atoms with E-state index in [0.717, 1.165) is 24.8 Å². The van der Waals surface area contributed by atoms with Gasteiger partial charge in [0, 0.05) is 19.8 Å². The van der Waals surface area contributed by atoms with Gasteiger partial charge in [0.05, 0.1) is 10.8 Å². The van der Waals surface area contributed by atoms with Crippen molar-refractivity contribution in [3.8, 4) is 0 Å². The number of carbonyl (C=O) groups is 2. The van der Waals surface area contributed by atoms with Crippen molar-refractivity contribution in [2.45, 2.75) is 50.4 Å². The molecule has 1 aromatic carbocycles. The lowest BCUT2D eigenvalue weighted by atomic mass is 9.71. The lowest BCUT2D eigenvalue weighted by Crippen LogP contribution is -2.52. The molecule has 1 aliphatic carbocycles. The summed E-state index contributed by atoms with van der Waals surface area (Å²) in [4.78, 5) is 25.0. The zero-order valence-electron chi connectivity index (χ0n) is 14.6. The molecule has 0 atom stereocenters. The maximum Gasteiger partial charge on any atom is 0.311 e. The molecule has 1 saturated carbocycles. The van der Waals surface area contributed by atoms with Gasteiger partial charge in [-0.25, -0.2) is 0 Å². The average Bonchev–Trinajstić information content (AvgIpc) is 2.68. The first-order valence-electron chi connectivity index (χ1n) is 9.24. The first kappa shape index (κ1) is 17.9. The molecule has 0 aromatic heterocycles. The predicted molar refractivity (Wildman–Crippen MR) is 94.3 cm³/mol. The fraction of sp³-hybridized carbons (Fsp3) is 0.600. The highest BCUT2D eigenvalue weighted by molar-refractivity contribution is 5.89. The van der Waals surface area contributed by atoms with E-state index in [1.807, 2.05) is 30.3 Å². The van der Waals surface area contributed by atoms with Crippen LogP contribution in [0.15, 0.2) is 30.3 Å². The van der Waals surface area contributed by atoms with E-state index in [2.05, 4.69) is 5.32 Å². The Bertz CT molecular complexity index is 601. The highest BCUT2D eigenvalue weighted by Gasteiger charge is 2.44. The molecule has 1 aromatic rings. The van der Waals surface area contributed by atoms with Crippen LogP contribution in [0.3, 0.4) is 0 Å². The second kappa shape index (κ2) is 7.56. The van der Waals surface area contributed by atoms with Crippen LogP contribution < -0.4 is 5.32 Å². The topological polar surface area (TPSA) is 75.6 Å². The molecule has 0 spiro atoms. The summed E-state index contributed by atoms with van der Waals surface area (Å²) in [7, 11) is 0. The first-order valence-corrected chi connectivity index (χ1v) is 9.24. The number of carboxylic acid groups (broad SMARTS) is 1. The van der Waals surface area contributed by atoms with E-state index < -0.39 is 16.8 Å². The van der Waals surface area contributed by atoms with Crippen molar-refractivity contribution in [3.05, 3.63) is 35.9 Å². The number of benzene rings is 1. The molecule has 25 heavy (non-hydrogen) atoms. The molecular weight excluding hydrogens is 318 g/mol. The highest BCUT2D eigenvalue weighted by Crippen LogP contribution is 2.38. The van der Waals surface area contributed by atoms with Crippen molar-refractivity contribution in [1.82, 2.24) is 5.32 Å². The van der Waals surface area contributed by atoms with E-state index in [0.29, 0.717) is 38.9 Å². The average molecular weight is 345 g/mol. The Labute approximate surface area is 148 Å². The minimum atomic E-state index is -0.809. The fourth-order valence-corrected chi connectivity index (χ4v) is 4.24. The van der Waals surface area contributed by atoms with Crippen LogP contribution in [0.25, 0.3) is 0 Å². The smallest absolute Gasteiger partial charge is 0.311 e. The van der Waals surface area contributed by atoms with Gasteiger partial charge in [-0.3, -0.25) is 9.59 Å². The molecule has 5 nitrogen and oxygen atoms in total. The second-order valence-electron chi connectivity index (χ2n) is 7.39. The predicted octanol–water partition coefficient (Wildman–Crippen LogP) is 2.89. The van der Waals surface area contributed by atoms with E-state index in [-0.39, 0.29) is 12.5 Å². The number of amides is 1. The summed E-state index contributed by atoms with van der Waals surface area (Å²) in [5.41, 5.74) is -0.436. The van der Waals surface area contributed by atoms with Crippen LogP contribution in [0.4, 0.5) is 0 Å². The first-order chi connectivity index (χ1) is 12.1. The molecule has 2 N–H and O–H groups in total. The van der Waals surface area contributed by atoms with Gasteiger partial charge in [0.15, 0.2) is 0 Å². The van der Waals surface area contributed by atoms with Gasteiger partial charge in [-0.15, -0.1) is 0 Å². The van der Waals surface area contributed by atoms with Gasteiger partial charge in [-0.1, -0.05) is 49.6 Å². The van der Waals surface area contributed by atoms with Crippen LogP contribution in [0.5, 0.6) is 0 Å². The molecule has 1 saturated heterocycles. The number of ether oxygens (including phenoxy) is 1. The van der Waals surface area contributed by atoms with E-state index >= 15 is 0 Å². The minimum absolute atomic E-state index is 0.0619. The molecule has 3 rings (SSSR count). The Morgan fingerprint density at radius 2 is 1.64 bits per heavy atom. The summed E-state index contributed by atoms with van der Waals surface area (Å²) in [5.74, 6) is -0.846. The van der Waals surface area contributed by atoms with Gasteiger partial charge < -0.3 is 15.2 Å². The number of hydrogen-bond acceptors (Lipinski definition) is 3. The Balaban J connectivity index is 1.78. The molecule has 0 bridgehead atoms. The molecule has 5 heteroatoms. The maximum atomic E-state index is 13.2. The number of carboxylic acids is 1. The van der Waals surface area contributed by atoms with Crippen molar-refractivity contribution in [3.63, 3.8) is 0 Å². The Hall–Kier alpha value is -1.88. The minimum Gasteiger partial charge on any atom is -0.481 e. The Morgan fingerprint density at radius 3 is 2.24 bits per heavy atom. The zero-order chi connectivity index (χ0) is 17.8. The summed E-state index contributed by atoms with van der Waals surface area (Å²) < 4.78 is 5.47. The van der Waals surface area contributed by atoms with Gasteiger partial charge in [0.2, 0.25) is 5.91 Å². The van der Waals surface area contributed by atoms with Crippen molar-refractivity contribution < 1.29 is 19.4 Å². The van der Waals surface area contributed by atoms with Gasteiger partial charge in [-0.05, 0) is 31.2 Å². The Kier molecular flexibility index (Phi) is 5.42. The number of nitrogens with one attached hydrogen (secondary N) is 1. The Morgan fingerprint density at radius 1 is 1.00 bits per heavy atom. The quantitative estimate of drug-likeness (QED) is 0.860. The third kappa shape index (κ3) is 3.56. The van der Waals surface area contributed by atoms with Gasteiger partial charge in [0.25, 0.3) is 0 Å². The van der Waals surface area contributed by atoms with Crippen molar-refractivity contribution in [1.29, 1.82) is 0 Å². The second-order valence-corrected chi connectivity index (χ2v) is 7.39. The SMILES string of the molecule is O=C(O)C1(CNC(=O)C2(c3ccccc3)CCOCC2)CCCCC1. The van der Waals surface area contributed by atoms with Crippen molar-refractivity contribution >= 4 is 11.9 Å². The highest BCUT2D eigenvalue weighted by atomic mass is 16.5.